The third kappa shape index (κ3) is 4.74. The van der Waals surface area contributed by atoms with Gasteiger partial charge in [-0.3, -0.25) is 10.2 Å². The van der Waals surface area contributed by atoms with Gasteiger partial charge in [0, 0.05) is 23.2 Å². The van der Waals surface area contributed by atoms with E-state index in [1.54, 1.807) is 30.3 Å². The van der Waals surface area contributed by atoms with Crippen LogP contribution >= 0.6 is 0 Å². The number of hydrogen-bond donors (Lipinski definition) is 8. The molecule has 0 fully saturated rings. The number of aromatic nitrogens is 2. The Hall–Kier alpha value is -5.06. The number of carboxylic acids is 1. The van der Waals surface area contributed by atoms with Crippen LogP contribution in [0, 0.1) is 5.41 Å². The molecule has 0 saturated carbocycles. The third-order valence-electron chi connectivity index (χ3n) is 6.23. The number of phenolic OH excluding ortho intramolecular Hbond substituents is 2. The average Bonchev–Trinajstić information content (AvgIpc) is 3.26. The predicted octanol–water partition coefficient (Wildman–Crippen LogP) is 3.12. The number of amidine groups is 1. The molecular formula is C26H26N6O5. The maximum absolute atomic E-state index is 12.1. The summed E-state index contributed by atoms with van der Waals surface area (Å²) in [4.78, 5) is 30.9. The smallest absolute Gasteiger partial charge is 0.313 e. The van der Waals surface area contributed by atoms with E-state index in [0.717, 1.165) is 0 Å². The van der Waals surface area contributed by atoms with Crippen LogP contribution in [0.4, 0.5) is 4.79 Å². The van der Waals surface area contributed by atoms with E-state index in [1.807, 2.05) is 0 Å². The fourth-order valence-corrected chi connectivity index (χ4v) is 3.91. The highest BCUT2D eigenvalue weighted by Gasteiger charge is 2.32. The number of aliphatic carboxylic acids is 1. The van der Waals surface area contributed by atoms with Crippen LogP contribution in [0.2, 0.25) is 0 Å². The molecule has 3 aromatic carbocycles. The number of aromatic hydroxyl groups is 2. The molecule has 4 rings (SSSR count). The summed E-state index contributed by atoms with van der Waals surface area (Å²) in [5.74, 6) is -1.36. The van der Waals surface area contributed by atoms with E-state index in [1.165, 1.54) is 32.0 Å². The maximum Gasteiger partial charge on any atom is 0.313 e. The fraction of sp³-hybridized carbons (Fsp3) is 0.154. The summed E-state index contributed by atoms with van der Waals surface area (Å²) in [6.45, 7) is 3.14. The van der Waals surface area contributed by atoms with Crippen LogP contribution in [0.15, 0.2) is 48.5 Å². The van der Waals surface area contributed by atoms with Gasteiger partial charge in [0.2, 0.25) is 0 Å². The van der Waals surface area contributed by atoms with E-state index in [4.69, 9.17) is 16.9 Å². The monoisotopic (exact) mass is 502 g/mol. The van der Waals surface area contributed by atoms with Gasteiger partial charge < -0.3 is 37.1 Å². The molecule has 1 heterocycles. The molecule has 0 aliphatic heterocycles. The van der Waals surface area contributed by atoms with Crippen molar-refractivity contribution in [1.82, 2.24) is 15.3 Å². The molecule has 190 valence electrons. The Bertz CT molecular complexity index is 1570. The zero-order valence-electron chi connectivity index (χ0n) is 20.1. The van der Waals surface area contributed by atoms with Crippen LogP contribution in [0.5, 0.6) is 11.5 Å². The first-order valence-electron chi connectivity index (χ1n) is 11.2. The summed E-state index contributed by atoms with van der Waals surface area (Å²) in [7, 11) is 0. The molecule has 0 spiro atoms. The van der Waals surface area contributed by atoms with E-state index >= 15 is 0 Å². The van der Waals surface area contributed by atoms with Gasteiger partial charge >= 0.3 is 12.0 Å². The van der Waals surface area contributed by atoms with Crippen LogP contribution in [-0.4, -0.2) is 43.1 Å². The van der Waals surface area contributed by atoms with Gasteiger partial charge in [-0.2, -0.15) is 0 Å². The van der Waals surface area contributed by atoms with Gasteiger partial charge in [0.25, 0.3) is 0 Å². The Kier molecular flexibility index (Phi) is 6.22. The number of carboxylic acid groups (broad SMARTS) is 1. The van der Waals surface area contributed by atoms with Gasteiger partial charge in [0.1, 0.15) is 23.2 Å². The van der Waals surface area contributed by atoms with Gasteiger partial charge in [-0.25, -0.2) is 9.78 Å². The number of urea groups is 1. The van der Waals surface area contributed by atoms with Crippen molar-refractivity contribution in [3.05, 3.63) is 65.2 Å². The predicted molar refractivity (Wildman–Crippen MR) is 138 cm³/mol. The van der Waals surface area contributed by atoms with Crippen molar-refractivity contribution < 1.29 is 24.9 Å². The Morgan fingerprint density at radius 1 is 1.03 bits per heavy atom. The number of hydrogen-bond acceptors (Lipinski definition) is 6. The summed E-state index contributed by atoms with van der Waals surface area (Å²) < 4.78 is 0. The minimum atomic E-state index is -1.36. The summed E-state index contributed by atoms with van der Waals surface area (Å²) in [5.41, 5.74) is 12.5. The van der Waals surface area contributed by atoms with Gasteiger partial charge in [-0.15, -0.1) is 0 Å². The molecule has 0 bridgehead atoms. The van der Waals surface area contributed by atoms with E-state index in [9.17, 15) is 24.9 Å². The molecular weight excluding hydrogens is 476 g/mol. The topological polar surface area (TPSA) is 211 Å². The first kappa shape index (κ1) is 25.0. The number of phenols is 2. The molecule has 0 aliphatic carbocycles. The largest absolute Gasteiger partial charge is 0.507 e. The molecule has 4 aromatic rings. The van der Waals surface area contributed by atoms with Gasteiger partial charge in [-0.05, 0) is 67.4 Å². The summed E-state index contributed by atoms with van der Waals surface area (Å²) in [5, 5.41) is 42.0. The van der Waals surface area contributed by atoms with Crippen LogP contribution in [0.1, 0.15) is 30.5 Å². The highest BCUT2D eigenvalue weighted by Crippen LogP contribution is 2.44. The number of carbonyl (C=O) groups excluding carboxylic acids is 1. The number of nitrogens with two attached hydrogens (primary N) is 2. The lowest BCUT2D eigenvalue weighted by Crippen LogP contribution is -2.28. The number of aromatic amines is 1. The summed E-state index contributed by atoms with van der Waals surface area (Å²) in [6.07, 6.45) is 0. The quantitative estimate of drug-likeness (QED) is 0.139. The van der Waals surface area contributed by atoms with Crippen molar-refractivity contribution in [2.45, 2.75) is 25.8 Å². The molecule has 10 N–H and O–H groups in total. The number of rotatable bonds is 7. The number of primary amides is 1. The van der Waals surface area contributed by atoms with E-state index in [-0.39, 0.29) is 46.4 Å². The van der Waals surface area contributed by atoms with Crippen LogP contribution < -0.4 is 16.8 Å². The number of nitrogen functional groups attached to an aromatic ring is 1. The fourth-order valence-electron chi connectivity index (χ4n) is 3.91. The lowest BCUT2D eigenvalue weighted by Gasteiger charge is -2.23. The SMILES string of the molecule is CC(C)(C(=O)O)c1cc(-c2nc3ccc(C(=N)N)cc3[nH]2)c(O)c(-c2cc(CNC(N)=O)ccc2O)c1. The molecule has 0 radical (unpaired) electrons. The number of amides is 2. The first-order chi connectivity index (χ1) is 17.4. The Morgan fingerprint density at radius 2 is 1.73 bits per heavy atom. The third-order valence-corrected chi connectivity index (χ3v) is 6.23. The van der Waals surface area contributed by atoms with Crippen LogP contribution in [-0.2, 0) is 16.8 Å². The highest BCUT2D eigenvalue weighted by atomic mass is 16.4. The minimum Gasteiger partial charge on any atom is -0.507 e. The van der Waals surface area contributed by atoms with Crippen LogP contribution in [0.3, 0.4) is 0 Å². The summed E-state index contributed by atoms with van der Waals surface area (Å²) in [6, 6.07) is 11.9. The standard InChI is InChI=1S/C26H26N6O5/c1-26(2,24(35)36)14-9-16(15-7-12(3-6-20(15)33)11-30-25(29)37)21(34)17(10-14)23-31-18-5-4-13(22(27)28)8-19(18)32-23/h3-10,33-34H,11H2,1-2H3,(H3,27,28)(H,31,32)(H,35,36)(H3,29,30,37). The van der Waals surface area contributed by atoms with Crippen molar-refractivity contribution in [3.63, 3.8) is 0 Å². The Morgan fingerprint density at radius 3 is 2.38 bits per heavy atom. The van der Waals surface area contributed by atoms with Crippen molar-refractivity contribution in [1.29, 1.82) is 5.41 Å². The molecule has 1 aromatic heterocycles. The zero-order valence-corrected chi connectivity index (χ0v) is 20.1. The van der Waals surface area contributed by atoms with Gasteiger partial charge in [0.15, 0.2) is 0 Å². The Balaban J connectivity index is 1.96. The number of nitrogens with one attached hydrogen (secondary N) is 3. The number of H-pyrrole nitrogens is 1. The zero-order chi connectivity index (χ0) is 27.1. The van der Waals surface area contributed by atoms with E-state index < -0.39 is 17.4 Å². The van der Waals surface area contributed by atoms with Crippen molar-refractivity contribution >= 4 is 28.9 Å². The second-order valence-corrected chi connectivity index (χ2v) is 9.15. The first-order valence-corrected chi connectivity index (χ1v) is 11.2. The number of imidazole rings is 1. The van der Waals surface area contributed by atoms with Crippen LogP contribution in [0.25, 0.3) is 33.5 Å². The Labute approximate surface area is 211 Å². The molecule has 2 amide bonds. The summed E-state index contributed by atoms with van der Waals surface area (Å²) >= 11 is 0. The maximum atomic E-state index is 12.1. The van der Waals surface area contributed by atoms with Crippen molar-refractivity contribution in [2.75, 3.05) is 0 Å². The van der Waals surface area contributed by atoms with Gasteiger partial charge in [0.05, 0.1) is 22.0 Å². The molecule has 11 heteroatoms. The van der Waals surface area contributed by atoms with E-state index in [2.05, 4.69) is 15.3 Å². The average molecular weight is 503 g/mol. The number of nitrogens with zero attached hydrogens (tertiary/aromatic N) is 1. The molecule has 0 atom stereocenters. The van der Waals surface area contributed by atoms with Crippen molar-refractivity contribution in [2.24, 2.45) is 11.5 Å². The highest BCUT2D eigenvalue weighted by molar-refractivity contribution is 5.98. The molecule has 11 nitrogen and oxygen atoms in total. The second-order valence-electron chi connectivity index (χ2n) is 9.15. The van der Waals surface area contributed by atoms with E-state index in [0.29, 0.717) is 27.7 Å². The molecule has 0 saturated heterocycles. The van der Waals surface area contributed by atoms with Crippen molar-refractivity contribution in [3.8, 4) is 34.0 Å². The molecule has 0 aliphatic rings. The number of carbonyl (C=O) groups is 2. The molecule has 37 heavy (non-hydrogen) atoms. The lowest BCUT2D eigenvalue weighted by molar-refractivity contribution is -0.142. The second kappa shape index (κ2) is 9.19. The number of benzene rings is 3. The lowest BCUT2D eigenvalue weighted by atomic mass is 9.81. The molecule has 0 unspecified atom stereocenters. The van der Waals surface area contributed by atoms with Gasteiger partial charge in [-0.1, -0.05) is 6.07 Å². The number of fused-ring (bicyclic) bond motifs is 1. The minimum absolute atomic E-state index is 0.0819. The normalized spacial score (nSPS) is 11.4.